The molecule has 0 spiro atoms. The van der Waals surface area contributed by atoms with Crippen LogP contribution in [0.1, 0.15) is 29.9 Å². The zero-order valence-electron chi connectivity index (χ0n) is 13.1. The molecule has 0 N–H and O–H groups in total. The van der Waals surface area contributed by atoms with E-state index < -0.39 is 5.97 Å². The quantitative estimate of drug-likeness (QED) is 0.602. The van der Waals surface area contributed by atoms with Crippen LogP contribution < -0.4 is 4.74 Å². The average molecular weight is 321 g/mol. The summed E-state index contributed by atoms with van der Waals surface area (Å²) in [4.78, 5) is 11.8. The third kappa shape index (κ3) is 3.79. The largest absolute Gasteiger partial charge is 0.497 e. The molecule has 0 aliphatic rings. The fourth-order valence-electron chi connectivity index (χ4n) is 1.88. The van der Waals surface area contributed by atoms with Crippen LogP contribution in [0.2, 0.25) is 0 Å². The van der Waals surface area contributed by atoms with E-state index in [9.17, 15) is 4.79 Å². The van der Waals surface area contributed by atoms with Gasteiger partial charge in [-0.2, -0.15) is 0 Å². The highest BCUT2D eigenvalue weighted by molar-refractivity contribution is 7.99. The van der Waals surface area contributed by atoms with E-state index >= 15 is 0 Å². The van der Waals surface area contributed by atoms with E-state index in [-0.39, 0.29) is 5.69 Å². The van der Waals surface area contributed by atoms with Crippen LogP contribution in [0.5, 0.6) is 5.75 Å². The minimum absolute atomic E-state index is 0.259. The van der Waals surface area contributed by atoms with Gasteiger partial charge in [-0.3, -0.25) is 0 Å². The molecule has 0 radical (unpaired) electrons. The van der Waals surface area contributed by atoms with Gasteiger partial charge in [0.25, 0.3) is 0 Å². The summed E-state index contributed by atoms with van der Waals surface area (Å²) in [5.41, 5.74) is 1.31. The Bertz CT molecular complexity index is 638. The lowest BCUT2D eigenvalue weighted by Gasteiger charge is -2.09. The Kier molecular flexibility index (Phi) is 5.43. The first kappa shape index (κ1) is 16.4. The summed E-state index contributed by atoms with van der Waals surface area (Å²) in [5, 5.41) is 9.07. The molecule has 2 aromatic rings. The van der Waals surface area contributed by atoms with E-state index in [1.54, 1.807) is 23.6 Å². The summed E-state index contributed by atoms with van der Waals surface area (Å²) in [7, 11) is 2.97. The lowest BCUT2D eigenvalue weighted by atomic mass is 10.2. The second-order valence-electron chi connectivity index (χ2n) is 4.91. The Morgan fingerprint density at radius 3 is 2.50 bits per heavy atom. The predicted octanol–water partition coefficient (Wildman–Crippen LogP) is 2.62. The van der Waals surface area contributed by atoms with Crippen molar-refractivity contribution < 1.29 is 14.3 Å². The standard InChI is InChI=1S/C15H19N3O3S/c1-10(2)22-14-13(15(19)21-4)16-17-18(14)9-11-5-7-12(20-3)8-6-11/h5-8,10H,9H2,1-4H3. The zero-order valence-corrected chi connectivity index (χ0v) is 13.9. The summed E-state index contributed by atoms with van der Waals surface area (Å²) < 4.78 is 11.6. The number of rotatable bonds is 6. The van der Waals surface area contributed by atoms with Crippen molar-refractivity contribution in [3.8, 4) is 5.75 Å². The van der Waals surface area contributed by atoms with E-state index in [1.807, 2.05) is 24.3 Å². The topological polar surface area (TPSA) is 66.2 Å². The molecule has 0 fully saturated rings. The Labute approximate surface area is 133 Å². The predicted molar refractivity (Wildman–Crippen MR) is 84.5 cm³/mol. The highest BCUT2D eigenvalue weighted by atomic mass is 32.2. The Morgan fingerprint density at radius 2 is 1.95 bits per heavy atom. The lowest BCUT2D eigenvalue weighted by molar-refractivity contribution is 0.0589. The van der Waals surface area contributed by atoms with Gasteiger partial charge in [0.05, 0.1) is 20.8 Å². The molecule has 0 saturated heterocycles. The fourth-order valence-corrected chi connectivity index (χ4v) is 2.78. The lowest BCUT2D eigenvalue weighted by Crippen LogP contribution is -2.08. The van der Waals surface area contributed by atoms with Gasteiger partial charge >= 0.3 is 5.97 Å². The molecule has 2 rings (SSSR count). The number of hydrogen-bond acceptors (Lipinski definition) is 6. The van der Waals surface area contributed by atoms with Gasteiger partial charge in [0.2, 0.25) is 5.69 Å². The van der Waals surface area contributed by atoms with Crippen LogP contribution in [0.3, 0.4) is 0 Å². The maximum atomic E-state index is 11.8. The van der Waals surface area contributed by atoms with Crippen LogP contribution in [0, 0.1) is 0 Å². The molecule has 1 heterocycles. The summed E-state index contributed by atoms with van der Waals surface area (Å²) in [5.74, 6) is 0.332. The number of esters is 1. The summed E-state index contributed by atoms with van der Waals surface area (Å²) in [6.45, 7) is 4.63. The zero-order chi connectivity index (χ0) is 16.1. The highest BCUT2D eigenvalue weighted by Gasteiger charge is 2.21. The SMILES string of the molecule is COC(=O)c1nnn(Cc2ccc(OC)cc2)c1SC(C)C. The first-order chi connectivity index (χ1) is 10.5. The van der Waals surface area contributed by atoms with E-state index in [2.05, 4.69) is 24.2 Å². The molecule has 0 bridgehead atoms. The number of aromatic nitrogens is 3. The van der Waals surface area contributed by atoms with Gasteiger partial charge < -0.3 is 9.47 Å². The van der Waals surface area contributed by atoms with Crippen molar-refractivity contribution in [2.45, 2.75) is 30.7 Å². The van der Waals surface area contributed by atoms with E-state index in [1.165, 1.54) is 7.11 Å². The normalized spacial score (nSPS) is 10.8. The molecule has 0 aliphatic heterocycles. The van der Waals surface area contributed by atoms with Crippen molar-refractivity contribution in [3.63, 3.8) is 0 Å². The number of carbonyl (C=O) groups excluding carboxylic acids is 1. The first-order valence-electron chi connectivity index (χ1n) is 6.86. The van der Waals surface area contributed by atoms with Crippen molar-refractivity contribution in [3.05, 3.63) is 35.5 Å². The van der Waals surface area contributed by atoms with E-state index in [0.29, 0.717) is 11.8 Å². The highest BCUT2D eigenvalue weighted by Crippen LogP contribution is 2.26. The van der Waals surface area contributed by atoms with E-state index in [4.69, 9.17) is 9.47 Å². The molecular weight excluding hydrogens is 302 g/mol. The third-order valence-corrected chi connectivity index (χ3v) is 4.01. The molecule has 1 aromatic carbocycles. The maximum absolute atomic E-state index is 11.8. The maximum Gasteiger partial charge on any atom is 0.361 e. The molecule has 0 atom stereocenters. The summed E-state index contributed by atoms with van der Waals surface area (Å²) >= 11 is 1.54. The Morgan fingerprint density at radius 1 is 1.27 bits per heavy atom. The molecule has 22 heavy (non-hydrogen) atoms. The van der Waals surface area contributed by atoms with Crippen molar-refractivity contribution in [2.75, 3.05) is 14.2 Å². The number of hydrogen-bond donors (Lipinski definition) is 0. The van der Waals surface area contributed by atoms with Gasteiger partial charge in [0.1, 0.15) is 10.8 Å². The average Bonchev–Trinajstić information content (AvgIpc) is 2.89. The van der Waals surface area contributed by atoms with Crippen molar-refractivity contribution >= 4 is 17.7 Å². The molecular formula is C15H19N3O3S. The van der Waals surface area contributed by atoms with Crippen molar-refractivity contribution in [1.29, 1.82) is 0 Å². The molecule has 7 heteroatoms. The van der Waals surface area contributed by atoms with Gasteiger partial charge in [-0.1, -0.05) is 31.2 Å². The molecule has 0 unspecified atom stereocenters. The minimum Gasteiger partial charge on any atom is -0.497 e. The summed E-state index contributed by atoms with van der Waals surface area (Å²) in [6.07, 6.45) is 0. The Balaban J connectivity index is 2.28. The fraction of sp³-hybridized carbons (Fsp3) is 0.400. The Hall–Kier alpha value is -2.02. The molecule has 1 aromatic heterocycles. The van der Waals surface area contributed by atoms with Gasteiger partial charge in [-0.05, 0) is 17.7 Å². The molecule has 0 aliphatic carbocycles. The van der Waals surface area contributed by atoms with E-state index in [0.717, 1.165) is 16.3 Å². The van der Waals surface area contributed by atoms with Crippen LogP contribution in [-0.2, 0) is 11.3 Å². The van der Waals surface area contributed by atoms with Gasteiger partial charge in [-0.25, -0.2) is 9.48 Å². The number of benzene rings is 1. The molecule has 0 saturated carbocycles. The van der Waals surface area contributed by atoms with Gasteiger partial charge in [0, 0.05) is 5.25 Å². The number of nitrogens with zero attached hydrogens (tertiary/aromatic N) is 3. The van der Waals surface area contributed by atoms with Crippen LogP contribution in [0.25, 0.3) is 0 Å². The van der Waals surface area contributed by atoms with Crippen LogP contribution in [0.4, 0.5) is 0 Å². The van der Waals surface area contributed by atoms with Gasteiger partial charge in [-0.15, -0.1) is 16.9 Å². The molecule has 118 valence electrons. The number of ether oxygens (including phenoxy) is 2. The van der Waals surface area contributed by atoms with Crippen molar-refractivity contribution in [2.24, 2.45) is 0 Å². The monoisotopic (exact) mass is 321 g/mol. The third-order valence-electron chi connectivity index (χ3n) is 2.91. The van der Waals surface area contributed by atoms with Crippen LogP contribution >= 0.6 is 11.8 Å². The minimum atomic E-state index is -0.468. The first-order valence-corrected chi connectivity index (χ1v) is 7.74. The van der Waals surface area contributed by atoms with Crippen molar-refractivity contribution in [1.82, 2.24) is 15.0 Å². The summed E-state index contributed by atoms with van der Waals surface area (Å²) in [6, 6.07) is 7.70. The van der Waals surface area contributed by atoms with Crippen LogP contribution in [-0.4, -0.2) is 40.4 Å². The molecule has 6 nitrogen and oxygen atoms in total. The number of methoxy groups -OCH3 is 2. The number of carbonyl (C=O) groups is 1. The molecule has 0 amide bonds. The smallest absolute Gasteiger partial charge is 0.361 e. The second-order valence-corrected chi connectivity index (χ2v) is 6.47. The van der Waals surface area contributed by atoms with Crippen LogP contribution in [0.15, 0.2) is 29.3 Å². The second kappa shape index (κ2) is 7.31. The number of thioether (sulfide) groups is 1. The van der Waals surface area contributed by atoms with Gasteiger partial charge in [0.15, 0.2) is 0 Å².